The number of amides is 1. The lowest BCUT2D eigenvalue weighted by atomic mass is 10.3. The van der Waals surface area contributed by atoms with Crippen LogP contribution in [0.5, 0.6) is 0 Å². The van der Waals surface area contributed by atoms with E-state index in [1.807, 2.05) is 0 Å². The largest absolute Gasteiger partial charge is 0.361 e. The van der Waals surface area contributed by atoms with Gasteiger partial charge < -0.3 is 9.42 Å². The van der Waals surface area contributed by atoms with Crippen molar-refractivity contribution in [3.05, 3.63) is 17.5 Å². The minimum atomic E-state index is -0.0381. The zero-order chi connectivity index (χ0) is 10.1. The second kappa shape index (κ2) is 3.73. The zero-order valence-corrected chi connectivity index (χ0v) is 9.45. The summed E-state index contributed by atoms with van der Waals surface area (Å²) < 4.78 is 4.86. The molecule has 2 rings (SSSR count). The Labute approximate surface area is 90.4 Å². The first kappa shape index (κ1) is 9.71. The fourth-order valence-electron chi connectivity index (χ4n) is 1.53. The van der Waals surface area contributed by atoms with Crippen LogP contribution in [0, 0.1) is 6.92 Å². The second-order valence-electron chi connectivity index (χ2n) is 3.46. The van der Waals surface area contributed by atoms with Crippen molar-refractivity contribution in [2.75, 3.05) is 13.1 Å². The Hall–Kier alpha value is -0.840. The van der Waals surface area contributed by atoms with E-state index in [1.165, 1.54) is 0 Å². The molecule has 0 spiro atoms. The number of carbonyl (C=O) groups is 1. The Morgan fingerprint density at radius 3 is 3.07 bits per heavy atom. The Balaban J connectivity index is 2.09. The molecule has 0 radical (unpaired) electrons. The quantitative estimate of drug-likeness (QED) is 0.719. The Kier molecular flexibility index (Phi) is 2.58. The number of alkyl halides is 1. The number of halogens is 1. The highest BCUT2D eigenvalue weighted by Gasteiger charge is 2.26. The number of rotatable bonds is 1. The predicted octanol–water partition coefficient (Wildman–Crippen LogP) is 1.59. The minimum Gasteiger partial charge on any atom is -0.361 e. The van der Waals surface area contributed by atoms with Gasteiger partial charge >= 0.3 is 0 Å². The molecule has 5 heteroatoms. The molecule has 1 unspecified atom stereocenters. The first-order chi connectivity index (χ1) is 6.66. The van der Waals surface area contributed by atoms with Crippen LogP contribution in [0.1, 0.15) is 22.7 Å². The summed E-state index contributed by atoms with van der Waals surface area (Å²) in [6, 6.07) is 1.67. The lowest BCUT2D eigenvalue weighted by Crippen LogP contribution is -2.28. The lowest BCUT2D eigenvalue weighted by Gasteiger charge is -2.12. The summed E-state index contributed by atoms with van der Waals surface area (Å²) >= 11 is 3.49. The number of aryl methyl sites for hydroxylation is 1. The minimum absolute atomic E-state index is 0.0381. The molecule has 0 saturated carbocycles. The number of aromatic nitrogens is 1. The van der Waals surface area contributed by atoms with Crippen molar-refractivity contribution in [3.8, 4) is 0 Å². The maximum absolute atomic E-state index is 11.8. The van der Waals surface area contributed by atoms with Crippen LogP contribution < -0.4 is 0 Å². The summed E-state index contributed by atoms with van der Waals surface area (Å²) in [5, 5.41) is 3.70. The Morgan fingerprint density at radius 1 is 1.79 bits per heavy atom. The van der Waals surface area contributed by atoms with Gasteiger partial charge in [0.05, 0.1) is 0 Å². The van der Waals surface area contributed by atoms with Crippen LogP contribution >= 0.6 is 15.9 Å². The number of nitrogens with zero attached hydrogens (tertiary/aromatic N) is 2. The molecule has 1 aromatic rings. The van der Waals surface area contributed by atoms with Crippen molar-refractivity contribution < 1.29 is 9.32 Å². The highest BCUT2D eigenvalue weighted by Crippen LogP contribution is 2.18. The van der Waals surface area contributed by atoms with Crippen LogP contribution in [-0.4, -0.2) is 33.9 Å². The lowest BCUT2D eigenvalue weighted by molar-refractivity contribution is 0.0783. The first-order valence-electron chi connectivity index (χ1n) is 4.53. The molecular formula is C9H11BrN2O2. The van der Waals surface area contributed by atoms with E-state index in [2.05, 4.69) is 21.1 Å². The zero-order valence-electron chi connectivity index (χ0n) is 7.86. The van der Waals surface area contributed by atoms with E-state index in [0.29, 0.717) is 16.3 Å². The summed E-state index contributed by atoms with van der Waals surface area (Å²) in [5.74, 6) is 0.631. The third-order valence-electron chi connectivity index (χ3n) is 2.27. The number of hydrogen-bond acceptors (Lipinski definition) is 3. The van der Waals surface area contributed by atoms with Crippen LogP contribution in [-0.2, 0) is 0 Å². The molecule has 2 heterocycles. The predicted molar refractivity (Wildman–Crippen MR) is 54.5 cm³/mol. The fourth-order valence-corrected chi connectivity index (χ4v) is 2.09. The number of carbonyl (C=O) groups excluding carboxylic acids is 1. The van der Waals surface area contributed by atoms with E-state index >= 15 is 0 Å². The smallest absolute Gasteiger partial charge is 0.276 e. The average molecular weight is 259 g/mol. The molecule has 4 nitrogen and oxygen atoms in total. The summed E-state index contributed by atoms with van der Waals surface area (Å²) in [4.78, 5) is 14.0. The van der Waals surface area contributed by atoms with Crippen LogP contribution in [0.25, 0.3) is 0 Å². The fraction of sp³-hybridized carbons (Fsp3) is 0.556. The molecule has 1 aliphatic heterocycles. The SMILES string of the molecule is Cc1cc(C(=O)N2CCC(Br)C2)no1. The molecule has 1 saturated heterocycles. The maximum atomic E-state index is 11.8. The van der Waals surface area contributed by atoms with E-state index in [4.69, 9.17) is 4.52 Å². The van der Waals surface area contributed by atoms with Gasteiger partial charge in [0.1, 0.15) is 5.76 Å². The topological polar surface area (TPSA) is 46.3 Å². The van der Waals surface area contributed by atoms with Gasteiger partial charge in [-0.15, -0.1) is 0 Å². The van der Waals surface area contributed by atoms with Crippen molar-refractivity contribution in [2.24, 2.45) is 0 Å². The molecule has 1 amide bonds. The Morgan fingerprint density at radius 2 is 2.57 bits per heavy atom. The normalized spacial score (nSPS) is 21.6. The van der Waals surface area contributed by atoms with Crippen molar-refractivity contribution >= 4 is 21.8 Å². The third kappa shape index (κ3) is 1.82. The molecule has 14 heavy (non-hydrogen) atoms. The molecule has 0 aromatic carbocycles. The molecule has 0 N–H and O–H groups in total. The van der Waals surface area contributed by atoms with Gasteiger partial charge in [0.15, 0.2) is 5.69 Å². The van der Waals surface area contributed by atoms with E-state index in [1.54, 1.807) is 17.9 Å². The van der Waals surface area contributed by atoms with E-state index in [-0.39, 0.29) is 5.91 Å². The van der Waals surface area contributed by atoms with Gasteiger partial charge in [-0.25, -0.2) is 0 Å². The summed E-state index contributed by atoms with van der Waals surface area (Å²) in [6.45, 7) is 3.33. The van der Waals surface area contributed by atoms with Crippen molar-refractivity contribution in [2.45, 2.75) is 18.2 Å². The average Bonchev–Trinajstić information content (AvgIpc) is 2.73. The monoisotopic (exact) mass is 258 g/mol. The Bertz CT molecular complexity index is 350. The molecular weight excluding hydrogens is 248 g/mol. The highest BCUT2D eigenvalue weighted by molar-refractivity contribution is 9.09. The molecule has 76 valence electrons. The molecule has 1 fully saturated rings. The molecule has 1 atom stereocenters. The number of likely N-dealkylation sites (tertiary alicyclic amines) is 1. The standard InChI is InChI=1S/C9H11BrN2O2/c1-6-4-8(11-14-6)9(13)12-3-2-7(10)5-12/h4,7H,2-3,5H2,1H3. The molecule has 0 aliphatic carbocycles. The summed E-state index contributed by atoms with van der Waals surface area (Å²) in [6.07, 6.45) is 1.00. The molecule has 1 aliphatic rings. The van der Waals surface area contributed by atoms with Crippen LogP contribution in [0.15, 0.2) is 10.6 Å². The van der Waals surface area contributed by atoms with Gasteiger partial charge in [0.25, 0.3) is 5.91 Å². The van der Waals surface area contributed by atoms with E-state index in [0.717, 1.165) is 19.5 Å². The van der Waals surface area contributed by atoms with Crippen LogP contribution in [0.2, 0.25) is 0 Å². The van der Waals surface area contributed by atoms with Crippen LogP contribution in [0.4, 0.5) is 0 Å². The number of hydrogen-bond donors (Lipinski definition) is 0. The second-order valence-corrected chi connectivity index (χ2v) is 4.75. The van der Waals surface area contributed by atoms with E-state index in [9.17, 15) is 4.79 Å². The highest BCUT2D eigenvalue weighted by atomic mass is 79.9. The van der Waals surface area contributed by atoms with Gasteiger partial charge in [-0.05, 0) is 13.3 Å². The van der Waals surface area contributed by atoms with Gasteiger partial charge in [0, 0.05) is 24.0 Å². The molecule has 1 aromatic heterocycles. The summed E-state index contributed by atoms with van der Waals surface area (Å²) in [5.41, 5.74) is 0.407. The summed E-state index contributed by atoms with van der Waals surface area (Å²) in [7, 11) is 0. The van der Waals surface area contributed by atoms with Crippen LogP contribution in [0.3, 0.4) is 0 Å². The maximum Gasteiger partial charge on any atom is 0.276 e. The van der Waals surface area contributed by atoms with Crippen molar-refractivity contribution in [3.63, 3.8) is 0 Å². The first-order valence-corrected chi connectivity index (χ1v) is 5.45. The van der Waals surface area contributed by atoms with Crippen molar-refractivity contribution in [1.82, 2.24) is 10.1 Å². The van der Waals surface area contributed by atoms with Gasteiger partial charge in [-0.3, -0.25) is 4.79 Å². The third-order valence-corrected chi connectivity index (χ3v) is 3.01. The van der Waals surface area contributed by atoms with Gasteiger partial charge in [-0.2, -0.15) is 0 Å². The van der Waals surface area contributed by atoms with Crippen molar-refractivity contribution in [1.29, 1.82) is 0 Å². The molecule has 0 bridgehead atoms. The van der Waals surface area contributed by atoms with Gasteiger partial charge in [-0.1, -0.05) is 21.1 Å². The van der Waals surface area contributed by atoms with Gasteiger partial charge in [0.2, 0.25) is 0 Å². The van der Waals surface area contributed by atoms with E-state index < -0.39 is 0 Å².